The molecule has 25 heavy (non-hydrogen) atoms. The molecule has 5 rings (SSSR count). The van der Waals surface area contributed by atoms with Crippen molar-refractivity contribution in [1.82, 2.24) is 4.98 Å². The smallest absolute Gasteiger partial charge is 0.0991 e. The first-order valence-corrected chi connectivity index (χ1v) is 8.87. The molecule has 0 aliphatic carbocycles. The SMILES string of the molecule is N#Cc1ccc2nc(-c3ccccc3)c3sc4ccccc4c3c2c1. The zero-order chi connectivity index (χ0) is 16.8. The van der Waals surface area contributed by atoms with Gasteiger partial charge < -0.3 is 0 Å². The second-order valence-electron chi connectivity index (χ2n) is 5.97. The molecule has 2 nitrogen and oxygen atoms in total. The molecule has 0 radical (unpaired) electrons. The van der Waals surface area contributed by atoms with Crippen molar-refractivity contribution in [3.05, 3.63) is 78.4 Å². The van der Waals surface area contributed by atoms with Crippen molar-refractivity contribution in [3.63, 3.8) is 0 Å². The van der Waals surface area contributed by atoms with Crippen LogP contribution in [0.25, 0.3) is 42.3 Å². The molecule has 0 fully saturated rings. The summed E-state index contributed by atoms with van der Waals surface area (Å²) in [4.78, 5) is 4.95. The molecule has 3 heteroatoms. The van der Waals surface area contributed by atoms with Gasteiger partial charge in [-0.1, -0.05) is 48.5 Å². The van der Waals surface area contributed by atoms with E-state index in [-0.39, 0.29) is 0 Å². The number of thiophene rings is 1. The highest BCUT2D eigenvalue weighted by Gasteiger charge is 2.15. The lowest BCUT2D eigenvalue weighted by molar-refractivity contribution is 1.43. The lowest BCUT2D eigenvalue weighted by Crippen LogP contribution is -1.88. The van der Waals surface area contributed by atoms with E-state index in [2.05, 4.69) is 42.5 Å². The standard InChI is InChI=1S/C22H12N2S/c23-13-14-10-11-18-17(12-14)20-16-8-4-5-9-19(16)25-22(20)21(24-18)15-6-2-1-3-7-15/h1-12H. The van der Waals surface area contributed by atoms with Gasteiger partial charge >= 0.3 is 0 Å². The normalized spacial score (nSPS) is 11.2. The average Bonchev–Trinajstić information content (AvgIpc) is 3.07. The largest absolute Gasteiger partial charge is 0.246 e. The van der Waals surface area contributed by atoms with E-state index < -0.39 is 0 Å². The molecular formula is C22H12N2S. The second kappa shape index (κ2) is 5.41. The third kappa shape index (κ3) is 2.12. The first kappa shape index (κ1) is 14.2. The quantitative estimate of drug-likeness (QED) is 0.368. The van der Waals surface area contributed by atoms with Crippen molar-refractivity contribution in [3.8, 4) is 17.3 Å². The predicted octanol–water partition coefficient (Wildman–Crippen LogP) is 6.14. The summed E-state index contributed by atoms with van der Waals surface area (Å²) in [5.74, 6) is 0. The van der Waals surface area contributed by atoms with Gasteiger partial charge in [-0.15, -0.1) is 11.3 Å². The lowest BCUT2D eigenvalue weighted by atomic mass is 10.0. The van der Waals surface area contributed by atoms with Crippen LogP contribution in [-0.4, -0.2) is 4.98 Å². The zero-order valence-electron chi connectivity index (χ0n) is 13.2. The Morgan fingerprint density at radius 2 is 1.64 bits per heavy atom. The van der Waals surface area contributed by atoms with E-state index in [4.69, 9.17) is 4.98 Å². The van der Waals surface area contributed by atoms with Gasteiger partial charge in [0, 0.05) is 26.4 Å². The van der Waals surface area contributed by atoms with Crippen molar-refractivity contribution in [2.75, 3.05) is 0 Å². The molecule has 0 aliphatic heterocycles. The maximum absolute atomic E-state index is 9.30. The average molecular weight is 336 g/mol. The van der Waals surface area contributed by atoms with Gasteiger partial charge in [-0.2, -0.15) is 5.26 Å². The van der Waals surface area contributed by atoms with Gasteiger partial charge in [0.05, 0.1) is 27.5 Å². The Morgan fingerprint density at radius 3 is 2.48 bits per heavy atom. The van der Waals surface area contributed by atoms with Crippen molar-refractivity contribution >= 4 is 42.4 Å². The van der Waals surface area contributed by atoms with Crippen LogP contribution >= 0.6 is 11.3 Å². The minimum Gasteiger partial charge on any atom is -0.246 e. The van der Waals surface area contributed by atoms with Crippen LogP contribution in [0.15, 0.2) is 72.8 Å². The maximum Gasteiger partial charge on any atom is 0.0991 e. The first-order chi connectivity index (χ1) is 12.3. The highest BCUT2D eigenvalue weighted by molar-refractivity contribution is 7.26. The first-order valence-electron chi connectivity index (χ1n) is 8.06. The van der Waals surface area contributed by atoms with Gasteiger partial charge in [-0.25, -0.2) is 4.98 Å². The molecule has 0 bridgehead atoms. The van der Waals surface area contributed by atoms with Gasteiger partial charge in [0.2, 0.25) is 0 Å². The minimum absolute atomic E-state index is 0.665. The van der Waals surface area contributed by atoms with Crippen LogP contribution in [0.4, 0.5) is 0 Å². The summed E-state index contributed by atoms with van der Waals surface area (Å²) >= 11 is 1.77. The molecule has 3 aromatic carbocycles. The second-order valence-corrected chi connectivity index (χ2v) is 7.02. The van der Waals surface area contributed by atoms with Crippen LogP contribution < -0.4 is 0 Å². The van der Waals surface area contributed by atoms with Crippen molar-refractivity contribution in [2.24, 2.45) is 0 Å². The van der Waals surface area contributed by atoms with Crippen LogP contribution in [0.3, 0.4) is 0 Å². The summed E-state index contributed by atoms with van der Waals surface area (Å²) in [6.07, 6.45) is 0. The number of rotatable bonds is 1. The van der Waals surface area contributed by atoms with E-state index in [9.17, 15) is 5.26 Å². The zero-order valence-corrected chi connectivity index (χ0v) is 14.0. The molecular weight excluding hydrogens is 324 g/mol. The van der Waals surface area contributed by atoms with Crippen LogP contribution in [-0.2, 0) is 0 Å². The highest BCUT2D eigenvalue weighted by Crippen LogP contribution is 2.42. The van der Waals surface area contributed by atoms with Gasteiger partial charge in [-0.3, -0.25) is 0 Å². The van der Waals surface area contributed by atoms with E-state index in [0.29, 0.717) is 5.56 Å². The minimum atomic E-state index is 0.665. The Bertz CT molecular complexity index is 1290. The van der Waals surface area contributed by atoms with Crippen molar-refractivity contribution < 1.29 is 0 Å². The van der Waals surface area contributed by atoms with Crippen LogP contribution in [0, 0.1) is 11.3 Å². The Labute approximate surface area is 148 Å². The molecule has 0 saturated heterocycles. The number of benzene rings is 3. The molecule has 2 heterocycles. The Morgan fingerprint density at radius 1 is 0.840 bits per heavy atom. The summed E-state index contributed by atoms with van der Waals surface area (Å²) in [7, 11) is 0. The van der Waals surface area contributed by atoms with E-state index in [1.54, 1.807) is 11.3 Å². The number of hydrogen-bond acceptors (Lipinski definition) is 3. The number of hydrogen-bond donors (Lipinski definition) is 0. The molecule has 0 amide bonds. The fourth-order valence-electron chi connectivity index (χ4n) is 3.35. The molecule has 0 unspecified atom stereocenters. The number of pyridine rings is 1. The van der Waals surface area contributed by atoms with E-state index >= 15 is 0 Å². The van der Waals surface area contributed by atoms with Gasteiger partial charge in [0.25, 0.3) is 0 Å². The van der Waals surface area contributed by atoms with Gasteiger partial charge in [-0.05, 0) is 24.3 Å². The highest BCUT2D eigenvalue weighted by atomic mass is 32.1. The third-order valence-electron chi connectivity index (χ3n) is 4.49. The summed E-state index contributed by atoms with van der Waals surface area (Å²) < 4.78 is 2.42. The molecule has 116 valence electrons. The monoisotopic (exact) mass is 336 g/mol. The summed E-state index contributed by atoms with van der Waals surface area (Å²) in [6, 6.07) is 26.7. The number of nitriles is 1. The van der Waals surface area contributed by atoms with Crippen molar-refractivity contribution in [1.29, 1.82) is 5.26 Å². The number of fused-ring (bicyclic) bond motifs is 5. The molecule has 0 aliphatic rings. The van der Waals surface area contributed by atoms with E-state index in [0.717, 1.165) is 22.2 Å². The predicted molar refractivity (Wildman–Crippen MR) is 105 cm³/mol. The van der Waals surface area contributed by atoms with E-state index in [1.807, 2.05) is 36.4 Å². The molecule has 0 N–H and O–H groups in total. The van der Waals surface area contributed by atoms with Crippen LogP contribution in [0.1, 0.15) is 5.56 Å². The molecule has 0 atom stereocenters. The summed E-state index contributed by atoms with van der Waals surface area (Å²) in [5.41, 5.74) is 3.71. The molecule has 0 spiro atoms. The lowest BCUT2D eigenvalue weighted by Gasteiger charge is -2.07. The Hall–Kier alpha value is -3.22. The summed E-state index contributed by atoms with van der Waals surface area (Å²) in [6.45, 7) is 0. The Kier molecular flexibility index (Phi) is 3.06. The van der Waals surface area contributed by atoms with Crippen molar-refractivity contribution in [2.45, 2.75) is 0 Å². The third-order valence-corrected chi connectivity index (χ3v) is 5.66. The van der Waals surface area contributed by atoms with E-state index in [1.165, 1.54) is 20.2 Å². The fraction of sp³-hybridized carbons (Fsp3) is 0. The summed E-state index contributed by atoms with van der Waals surface area (Å²) in [5, 5.41) is 12.8. The molecule has 5 aromatic rings. The van der Waals surface area contributed by atoms with Crippen LogP contribution in [0.5, 0.6) is 0 Å². The molecule has 0 saturated carbocycles. The fourth-order valence-corrected chi connectivity index (χ4v) is 4.57. The maximum atomic E-state index is 9.30. The van der Waals surface area contributed by atoms with Gasteiger partial charge in [0.1, 0.15) is 0 Å². The van der Waals surface area contributed by atoms with Gasteiger partial charge in [0.15, 0.2) is 0 Å². The number of aromatic nitrogens is 1. The van der Waals surface area contributed by atoms with Crippen LogP contribution in [0.2, 0.25) is 0 Å². The topological polar surface area (TPSA) is 36.7 Å². The number of nitrogens with zero attached hydrogens (tertiary/aromatic N) is 2. The molecule has 2 aromatic heterocycles. The Balaban J connectivity index is 2.04.